The molecule has 1 aliphatic rings. The fourth-order valence-corrected chi connectivity index (χ4v) is 4.00. The summed E-state index contributed by atoms with van der Waals surface area (Å²) >= 11 is 0. The topological polar surface area (TPSA) is 153 Å². The van der Waals surface area contributed by atoms with Crippen molar-refractivity contribution in [2.24, 2.45) is 5.16 Å². The van der Waals surface area contributed by atoms with Gasteiger partial charge in [0.25, 0.3) is 5.56 Å². The zero-order chi connectivity index (χ0) is 24.4. The molecular weight excluding hydrogens is 426 g/mol. The Labute approximate surface area is 193 Å². The maximum absolute atomic E-state index is 12.8. The smallest absolute Gasteiger partial charge is 0.294 e. The fraction of sp³-hybridized carbons (Fsp3) is 0.636. The normalized spacial score (nSPS) is 15.8. The summed E-state index contributed by atoms with van der Waals surface area (Å²) in [7, 11) is 1.95. The molecule has 33 heavy (non-hydrogen) atoms. The number of likely N-dealkylation sites (N-methyl/N-ethyl adjacent to an activating group) is 1. The summed E-state index contributed by atoms with van der Waals surface area (Å²) in [5, 5.41) is 24.9. The van der Waals surface area contributed by atoms with Crippen LogP contribution in [-0.4, -0.2) is 75.5 Å². The number of carbonyl (C=O) groups is 2. The van der Waals surface area contributed by atoms with Gasteiger partial charge in [-0.2, -0.15) is 0 Å². The second-order valence-electron chi connectivity index (χ2n) is 8.40. The minimum Gasteiger partial charge on any atom is -0.411 e. The molecule has 1 aromatic rings. The number of Topliss-reactive ketones (excluding diaryl/α,β-unsaturated/α-hetero) is 1. The van der Waals surface area contributed by atoms with Gasteiger partial charge in [0.2, 0.25) is 5.91 Å². The number of carbonyl (C=O) groups excluding carboxylic acids is 2. The van der Waals surface area contributed by atoms with E-state index in [4.69, 9.17) is 10.6 Å². The van der Waals surface area contributed by atoms with Crippen molar-refractivity contribution in [2.75, 3.05) is 32.0 Å². The highest BCUT2D eigenvalue weighted by atomic mass is 16.4. The van der Waals surface area contributed by atoms with Gasteiger partial charge < -0.3 is 21.3 Å². The van der Waals surface area contributed by atoms with Gasteiger partial charge in [-0.25, -0.2) is 4.98 Å². The van der Waals surface area contributed by atoms with Crippen LogP contribution in [0.4, 0.5) is 5.82 Å². The Balaban J connectivity index is 1.98. The lowest BCUT2D eigenvalue weighted by Crippen LogP contribution is -2.43. The zero-order valence-corrected chi connectivity index (χ0v) is 19.6. The number of nitrogens with one attached hydrogen (secondary N) is 3. The molecule has 11 heteroatoms. The standard InChI is InChI=1S/C22H35N7O4/c1-4-19(21(31)26-12-17(30)14-28(3)16-8-6-5-7-9-16)29-11-10-24-20(22(29)32)25-13-18(27-33)15(2)23/h10-11,16,19,23,33H,4-9,12-14H2,1-3H3,(H,24,25)(H,26,31)/b23-15?,27-18-. The Bertz CT molecular complexity index is 922. The summed E-state index contributed by atoms with van der Waals surface area (Å²) in [6.45, 7) is 3.36. The molecular formula is C22H35N7O4. The van der Waals surface area contributed by atoms with Crippen molar-refractivity contribution in [3.05, 3.63) is 22.7 Å². The molecule has 0 bridgehead atoms. The Kier molecular flexibility index (Phi) is 10.2. The van der Waals surface area contributed by atoms with Crippen molar-refractivity contribution in [1.82, 2.24) is 19.8 Å². The van der Waals surface area contributed by atoms with E-state index in [-0.39, 0.29) is 42.7 Å². The molecule has 1 unspecified atom stereocenters. The summed E-state index contributed by atoms with van der Waals surface area (Å²) in [4.78, 5) is 44.1. The van der Waals surface area contributed by atoms with Gasteiger partial charge in [-0.1, -0.05) is 31.3 Å². The molecule has 1 amide bonds. The first kappa shape index (κ1) is 26.2. The van der Waals surface area contributed by atoms with Crippen molar-refractivity contribution in [3.63, 3.8) is 0 Å². The molecule has 2 rings (SSSR count). The predicted octanol–water partition coefficient (Wildman–Crippen LogP) is 1.43. The summed E-state index contributed by atoms with van der Waals surface area (Å²) in [5.41, 5.74) is -0.415. The minimum atomic E-state index is -0.805. The quantitative estimate of drug-likeness (QED) is 0.209. The Morgan fingerprint density at radius 2 is 2.03 bits per heavy atom. The van der Waals surface area contributed by atoms with Gasteiger partial charge in [0.05, 0.1) is 25.3 Å². The lowest BCUT2D eigenvalue weighted by Gasteiger charge is -2.30. The largest absolute Gasteiger partial charge is 0.411 e. The van der Waals surface area contributed by atoms with Crippen LogP contribution in [0.1, 0.15) is 58.4 Å². The van der Waals surface area contributed by atoms with E-state index in [1.54, 1.807) is 6.92 Å². The Hall–Kier alpha value is -3.08. The number of anilines is 1. The van der Waals surface area contributed by atoms with E-state index in [9.17, 15) is 14.4 Å². The molecule has 0 spiro atoms. The van der Waals surface area contributed by atoms with Crippen LogP contribution in [0, 0.1) is 5.41 Å². The van der Waals surface area contributed by atoms with E-state index in [1.165, 1.54) is 43.1 Å². The van der Waals surface area contributed by atoms with Crippen LogP contribution in [0.15, 0.2) is 22.3 Å². The zero-order valence-electron chi connectivity index (χ0n) is 19.6. The Morgan fingerprint density at radius 3 is 2.64 bits per heavy atom. The van der Waals surface area contributed by atoms with Gasteiger partial charge in [-0.15, -0.1) is 0 Å². The maximum atomic E-state index is 12.8. The number of aromatic nitrogens is 2. The third kappa shape index (κ3) is 7.48. The van der Waals surface area contributed by atoms with Gasteiger partial charge >= 0.3 is 0 Å². The molecule has 0 aliphatic heterocycles. The molecule has 1 atom stereocenters. The number of nitrogens with zero attached hydrogens (tertiary/aromatic N) is 4. The van der Waals surface area contributed by atoms with Crippen LogP contribution >= 0.6 is 0 Å². The second kappa shape index (κ2) is 12.8. The molecule has 4 N–H and O–H groups in total. The first-order chi connectivity index (χ1) is 15.8. The minimum absolute atomic E-state index is 0.0312. The Morgan fingerprint density at radius 1 is 1.33 bits per heavy atom. The van der Waals surface area contributed by atoms with Crippen LogP contribution in [0.25, 0.3) is 0 Å². The second-order valence-corrected chi connectivity index (χ2v) is 8.40. The summed E-state index contributed by atoms with van der Waals surface area (Å²) in [5.74, 6) is -0.525. The van der Waals surface area contributed by atoms with Gasteiger partial charge in [0.1, 0.15) is 11.8 Å². The van der Waals surface area contributed by atoms with Crippen LogP contribution < -0.4 is 16.2 Å². The number of rotatable bonds is 12. The van der Waals surface area contributed by atoms with Gasteiger partial charge in [0.15, 0.2) is 11.6 Å². The van der Waals surface area contributed by atoms with Gasteiger partial charge in [-0.3, -0.25) is 23.9 Å². The highest BCUT2D eigenvalue weighted by Gasteiger charge is 2.23. The lowest BCUT2D eigenvalue weighted by molar-refractivity contribution is -0.128. The van der Waals surface area contributed by atoms with Crippen molar-refractivity contribution in [3.8, 4) is 0 Å². The molecule has 0 radical (unpaired) electrons. The molecule has 1 aromatic heterocycles. The highest BCUT2D eigenvalue weighted by Crippen LogP contribution is 2.21. The average Bonchev–Trinajstić information content (AvgIpc) is 2.80. The van der Waals surface area contributed by atoms with E-state index < -0.39 is 17.5 Å². The summed E-state index contributed by atoms with van der Waals surface area (Å²) < 4.78 is 1.26. The van der Waals surface area contributed by atoms with E-state index in [2.05, 4.69) is 25.7 Å². The van der Waals surface area contributed by atoms with Crippen molar-refractivity contribution in [1.29, 1.82) is 5.41 Å². The number of ketones is 1. The van der Waals surface area contributed by atoms with Crippen LogP contribution in [0.2, 0.25) is 0 Å². The van der Waals surface area contributed by atoms with Gasteiger partial charge in [-0.05, 0) is 33.2 Å². The monoisotopic (exact) mass is 461 g/mol. The van der Waals surface area contributed by atoms with Crippen LogP contribution in [-0.2, 0) is 9.59 Å². The van der Waals surface area contributed by atoms with Gasteiger partial charge in [0, 0.05) is 18.4 Å². The van der Waals surface area contributed by atoms with Crippen molar-refractivity contribution in [2.45, 2.75) is 64.5 Å². The first-order valence-corrected chi connectivity index (χ1v) is 11.4. The average molecular weight is 462 g/mol. The third-order valence-electron chi connectivity index (χ3n) is 5.95. The number of oxime groups is 1. The molecule has 1 fully saturated rings. The summed E-state index contributed by atoms with van der Waals surface area (Å²) in [6.07, 6.45) is 8.96. The maximum Gasteiger partial charge on any atom is 0.294 e. The number of hydrogen-bond acceptors (Lipinski definition) is 9. The molecule has 0 aromatic carbocycles. The van der Waals surface area contributed by atoms with Crippen molar-refractivity contribution < 1.29 is 14.8 Å². The molecule has 182 valence electrons. The van der Waals surface area contributed by atoms with E-state index in [0.717, 1.165) is 12.8 Å². The SMILES string of the molecule is CCC(C(=O)NCC(=O)CN(C)C1CCCCC1)n1ccnc(NC/C(=N/O)C(C)=N)c1=O. The molecule has 1 saturated carbocycles. The molecule has 1 heterocycles. The predicted molar refractivity (Wildman–Crippen MR) is 126 cm³/mol. The molecule has 0 saturated heterocycles. The van der Waals surface area contributed by atoms with E-state index in [0.29, 0.717) is 12.5 Å². The van der Waals surface area contributed by atoms with E-state index >= 15 is 0 Å². The lowest BCUT2D eigenvalue weighted by atomic mass is 9.94. The fourth-order valence-electron chi connectivity index (χ4n) is 4.00. The molecule has 1 aliphatic carbocycles. The highest BCUT2D eigenvalue weighted by molar-refractivity contribution is 6.41. The van der Waals surface area contributed by atoms with Crippen molar-refractivity contribution >= 4 is 28.9 Å². The first-order valence-electron chi connectivity index (χ1n) is 11.4. The summed E-state index contributed by atoms with van der Waals surface area (Å²) in [6, 6.07) is -0.392. The van der Waals surface area contributed by atoms with Crippen LogP contribution in [0.5, 0.6) is 0 Å². The number of amides is 1. The van der Waals surface area contributed by atoms with E-state index in [1.807, 2.05) is 7.05 Å². The third-order valence-corrected chi connectivity index (χ3v) is 5.95. The van der Waals surface area contributed by atoms with Crippen LogP contribution in [0.3, 0.4) is 0 Å². The molecule has 11 nitrogen and oxygen atoms in total. The number of hydrogen-bond donors (Lipinski definition) is 4.